The second-order valence-corrected chi connectivity index (χ2v) is 6.87. The molecule has 4 nitrogen and oxygen atoms in total. The third-order valence-electron chi connectivity index (χ3n) is 5.59. The van der Waals surface area contributed by atoms with Crippen LogP contribution >= 0.6 is 0 Å². The number of benzene rings is 2. The van der Waals surface area contributed by atoms with Crippen LogP contribution in [0.2, 0.25) is 0 Å². The van der Waals surface area contributed by atoms with Gasteiger partial charge in [-0.1, -0.05) is 43.2 Å². The maximum Gasteiger partial charge on any atom is 0.277 e. The number of hydrogen-bond donors (Lipinski definition) is 1. The molecule has 1 saturated heterocycles. The molecule has 1 amide bonds. The summed E-state index contributed by atoms with van der Waals surface area (Å²) >= 11 is 0. The van der Waals surface area contributed by atoms with E-state index in [1.165, 1.54) is 29.2 Å². The molecule has 0 aromatic heterocycles. The van der Waals surface area contributed by atoms with E-state index in [0.717, 1.165) is 25.1 Å². The highest BCUT2D eigenvalue weighted by molar-refractivity contribution is 5.89. The van der Waals surface area contributed by atoms with Crippen molar-refractivity contribution in [3.8, 4) is 5.75 Å². The van der Waals surface area contributed by atoms with E-state index >= 15 is 0 Å². The van der Waals surface area contributed by atoms with Crippen LogP contribution in [0, 0.1) is 0 Å². The van der Waals surface area contributed by atoms with Crippen molar-refractivity contribution >= 4 is 16.7 Å². The van der Waals surface area contributed by atoms with Crippen molar-refractivity contribution < 1.29 is 9.53 Å². The number of fused-ring (bicyclic) bond motifs is 6. The molecular weight excluding hydrogens is 288 g/mol. The van der Waals surface area contributed by atoms with E-state index in [1.807, 2.05) is 6.07 Å². The normalized spacial score (nSPS) is 29.9. The number of nitrogens with one attached hydrogen (secondary N) is 1. The molecule has 1 aliphatic carbocycles. The molecule has 0 spiro atoms. The Hall–Kier alpha value is -2.07. The quantitative estimate of drug-likeness (QED) is 0.814. The molecule has 0 radical (unpaired) electrons. The minimum atomic E-state index is -0.469. The average Bonchev–Trinajstić information content (AvgIpc) is 2.60. The van der Waals surface area contributed by atoms with Gasteiger partial charge in [0.1, 0.15) is 5.75 Å². The fourth-order valence-electron chi connectivity index (χ4n) is 4.47. The monoisotopic (exact) mass is 308 g/mol. The molecule has 5 rings (SSSR count). The van der Waals surface area contributed by atoms with Gasteiger partial charge in [0, 0.05) is 24.2 Å². The Morgan fingerprint density at radius 2 is 1.96 bits per heavy atom. The molecular formula is C19H20N2O2. The summed E-state index contributed by atoms with van der Waals surface area (Å²) in [5, 5.41) is 5.65. The summed E-state index contributed by atoms with van der Waals surface area (Å²) in [6.45, 7) is 0.802. The summed E-state index contributed by atoms with van der Waals surface area (Å²) < 4.78 is 6.12. The molecule has 0 bridgehead atoms. The number of hydrogen-bond acceptors (Lipinski definition) is 3. The Morgan fingerprint density at radius 3 is 2.91 bits per heavy atom. The number of amides is 1. The van der Waals surface area contributed by atoms with E-state index in [-0.39, 0.29) is 11.9 Å². The van der Waals surface area contributed by atoms with Gasteiger partial charge in [0.15, 0.2) is 0 Å². The van der Waals surface area contributed by atoms with Crippen LogP contribution in [-0.4, -0.2) is 29.1 Å². The van der Waals surface area contributed by atoms with Crippen molar-refractivity contribution in [2.45, 2.75) is 50.5 Å². The fourth-order valence-corrected chi connectivity index (χ4v) is 4.47. The maximum atomic E-state index is 12.5. The van der Waals surface area contributed by atoms with Crippen molar-refractivity contribution in [3.05, 3.63) is 42.0 Å². The largest absolute Gasteiger partial charge is 0.465 e. The second kappa shape index (κ2) is 4.96. The maximum absolute atomic E-state index is 12.5. The van der Waals surface area contributed by atoms with Crippen molar-refractivity contribution in [2.75, 3.05) is 0 Å². The first kappa shape index (κ1) is 13.4. The lowest BCUT2D eigenvalue weighted by Gasteiger charge is -2.49. The summed E-state index contributed by atoms with van der Waals surface area (Å²) in [7, 11) is 0. The van der Waals surface area contributed by atoms with E-state index in [0.29, 0.717) is 6.04 Å². The van der Waals surface area contributed by atoms with Crippen LogP contribution in [0.15, 0.2) is 36.4 Å². The smallest absolute Gasteiger partial charge is 0.277 e. The Bertz CT molecular complexity index is 788. The van der Waals surface area contributed by atoms with Crippen molar-refractivity contribution in [2.24, 2.45) is 0 Å². The van der Waals surface area contributed by atoms with Gasteiger partial charge >= 0.3 is 0 Å². The van der Waals surface area contributed by atoms with Crippen LogP contribution in [0.3, 0.4) is 0 Å². The summed E-state index contributed by atoms with van der Waals surface area (Å²) in [5.41, 5.74) is 1.22. The number of piperazine rings is 1. The zero-order chi connectivity index (χ0) is 15.4. The van der Waals surface area contributed by atoms with Gasteiger partial charge in [-0.15, -0.1) is 0 Å². The SMILES string of the molecule is O=C1N[C@H]2CCCC[C@@H]2N2Cc3c(ccc4ccccc34)O[C@H]12. The first-order valence-electron chi connectivity index (χ1n) is 8.55. The molecule has 3 aliphatic rings. The summed E-state index contributed by atoms with van der Waals surface area (Å²) in [5.74, 6) is 0.876. The Labute approximate surface area is 135 Å². The minimum absolute atomic E-state index is 0.0203. The standard InChI is InChI=1S/C19H20N2O2/c22-18-19-21(16-8-4-3-7-15(16)20-18)11-14-13-6-2-1-5-12(13)9-10-17(14)23-19/h1-2,5-6,9-10,15-16,19H,3-4,7-8,11H2,(H,20,22)/t15-,16-,19+/m0/s1. The molecule has 0 unspecified atom stereocenters. The summed E-state index contributed by atoms with van der Waals surface area (Å²) in [6, 6.07) is 13.2. The number of nitrogens with zero attached hydrogens (tertiary/aromatic N) is 1. The highest BCUT2D eigenvalue weighted by Crippen LogP contribution is 2.38. The molecule has 2 aromatic rings. The average molecular weight is 308 g/mol. The molecule has 1 N–H and O–H groups in total. The Morgan fingerprint density at radius 1 is 1.09 bits per heavy atom. The third kappa shape index (κ3) is 1.98. The highest BCUT2D eigenvalue weighted by atomic mass is 16.5. The molecule has 2 aliphatic heterocycles. The zero-order valence-electron chi connectivity index (χ0n) is 13.0. The Balaban J connectivity index is 1.61. The lowest BCUT2D eigenvalue weighted by Crippen LogP contribution is -2.68. The molecule has 1 saturated carbocycles. The van der Waals surface area contributed by atoms with Crippen LogP contribution in [-0.2, 0) is 11.3 Å². The van der Waals surface area contributed by atoms with Gasteiger partial charge in [0.2, 0.25) is 6.23 Å². The van der Waals surface area contributed by atoms with E-state index in [9.17, 15) is 4.79 Å². The topological polar surface area (TPSA) is 41.6 Å². The van der Waals surface area contributed by atoms with Crippen molar-refractivity contribution in [1.29, 1.82) is 0 Å². The zero-order valence-corrected chi connectivity index (χ0v) is 13.0. The Kier molecular flexibility index (Phi) is 2.89. The predicted molar refractivity (Wildman–Crippen MR) is 88.1 cm³/mol. The van der Waals surface area contributed by atoms with E-state index < -0.39 is 6.23 Å². The van der Waals surface area contributed by atoms with Gasteiger partial charge in [-0.05, 0) is 29.7 Å². The highest BCUT2D eigenvalue weighted by Gasteiger charge is 2.46. The van der Waals surface area contributed by atoms with Crippen LogP contribution in [0.4, 0.5) is 0 Å². The van der Waals surface area contributed by atoms with E-state index in [1.54, 1.807) is 0 Å². The van der Waals surface area contributed by atoms with Crippen LogP contribution in [0.5, 0.6) is 5.75 Å². The number of rotatable bonds is 0. The number of carbonyl (C=O) groups excluding carboxylic acids is 1. The lowest BCUT2D eigenvalue weighted by molar-refractivity contribution is -0.153. The first-order valence-corrected chi connectivity index (χ1v) is 8.55. The van der Waals surface area contributed by atoms with Crippen LogP contribution < -0.4 is 10.1 Å². The fraction of sp³-hybridized carbons (Fsp3) is 0.421. The molecule has 4 heteroatoms. The summed E-state index contributed by atoms with van der Waals surface area (Å²) in [4.78, 5) is 14.8. The van der Waals surface area contributed by atoms with Crippen LogP contribution in [0.25, 0.3) is 10.8 Å². The van der Waals surface area contributed by atoms with Crippen molar-refractivity contribution in [3.63, 3.8) is 0 Å². The second-order valence-electron chi connectivity index (χ2n) is 6.87. The van der Waals surface area contributed by atoms with Gasteiger partial charge in [-0.2, -0.15) is 0 Å². The molecule has 2 fully saturated rings. The molecule has 2 aromatic carbocycles. The van der Waals surface area contributed by atoms with Gasteiger partial charge in [0.25, 0.3) is 5.91 Å². The number of carbonyl (C=O) groups is 1. The molecule has 2 heterocycles. The van der Waals surface area contributed by atoms with Crippen molar-refractivity contribution in [1.82, 2.24) is 10.2 Å². The molecule has 3 atom stereocenters. The van der Waals surface area contributed by atoms with E-state index in [2.05, 4.69) is 40.5 Å². The van der Waals surface area contributed by atoms with E-state index in [4.69, 9.17) is 4.74 Å². The van der Waals surface area contributed by atoms with Gasteiger partial charge in [-0.3, -0.25) is 9.69 Å². The number of ether oxygens (including phenoxy) is 1. The molecule has 118 valence electrons. The van der Waals surface area contributed by atoms with Gasteiger partial charge < -0.3 is 10.1 Å². The minimum Gasteiger partial charge on any atom is -0.465 e. The first-order chi connectivity index (χ1) is 11.3. The molecule has 23 heavy (non-hydrogen) atoms. The van der Waals surface area contributed by atoms with Gasteiger partial charge in [0.05, 0.1) is 0 Å². The predicted octanol–water partition coefficient (Wildman–Crippen LogP) is 2.80. The summed E-state index contributed by atoms with van der Waals surface area (Å²) in [6.07, 6.45) is 4.21. The third-order valence-corrected chi connectivity index (χ3v) is 5.59. The van der Waals surface area contributed by atoms with Gasteiger partial charge in [-0.25, -0.2) is 0 Å². The van der Waals surface area contributed by atoms with Crippen LogP contribution in [0.1, 0.15) is 31.2 Å². The lowest BCUT2D eigenvalue weighted by atomic mass is 9.86.